The van der Waals surface area contributed by atoms with Crippen molar-refractivity contribution < 1.29 is 17.9 Å². The van der Waals surface area contributed by atoms with Crippen LogP contribution in [0.4, 0.5) is 5.69 Å². The van der Waals surface area contributed by atoms with E-state index in [4.69, 9.17) is 4.74 Å². The highest BCUT2D eigenvalue weighted by Crippen LogP contribution is 2.22. The first-order valence-electron chi connectivity index (χ1n) is 9.41. The third-order valence-corrected chi connectivity index (χ3v) is 7.00. The number of methoxy groups -OCH3 is 1. The van der Waals surface area contributed by atoms with Gasteiger partial charge in [-0.15, -0.1) is 0 Å². The summed E-state index contributed by atoms with van der Waals surface area (Å²) >= 11 is 0. The highest BCUT2D eigenvalue weighted by Gasteiger charge is 2.26. The second-order valence-electron chi connectivity index (χ2n) is 6.91. The van der Waals surface area contributed by atoms with Gasteiger partial charge >= 0.3 is 0 Å². The molecule has 0 saturated carbocycles. The van der Waals surface area contributed by atoms with Gasteiger partial charge in [0.25, 0.3) is 0 Å². The number of hydrogen-bond acceptors (Lipinski definition) is 4. The van der Waals surface area contributed by atoms with E-state index in [0.717, 1.165) is 29.8 Å². The molecule has 28 heavy (non-hydrogen) atoms. The molecule has 0 radical (unpaired) electrons. The molecule has 1 fully saturated rings. The predicted octanol–water partition coefficient (Wildman–Crippen LogP) is 3.08. The number of anilines is 1. The fourth-order valence-electron chi connectivity index (χ4n) is 3.27. The Balaban J connectivity index is 1.58. The minimum absolute atomic E-state index is 0.000989. The lowest BCUT2D eigenvalue weighted by Gasteiger charge is -2.18. The second kappa shape index (κ2) is 8.75. The zero-order chi connectivity index (χ0) is 20.1. The molecule has 150 valence electrons. The SMILES string of the molecule is COc1ccc(N(C)C(=O)CCc2ccc(S(=O)(=O)N3CCCC3)cc2)cc1. The Morgan fingerprint density at radius 3 is 2.21 bits per heavy atom. The molecule has 0 bridgehead atoms. The fraction of sp³-hybridized carbons (Fsp3) is 0.381. The molecule has 1 saturated heterocycles. The Morgan fingerprint density at radius 2 is 1.64 bits per heavy atom. The number of rotatable bonds is 7. The second-order valence-corrected chi connectivity index (χ2v) is 8.84. The highest BCUT2D eigenvalue weighted by atomic mass is 32.2. The molecule has 3 rings (SSSR count). The van der Waals surface area contributed by atoms with Crippen LogP contribution in [-0.2, 0) is 21.2 Å². The quantitative estimate of drug-likeness (QED) is 0.714. The van der Waals surface area contributed by atoms with Crippen molar-refractivity contribution >= 4 is 21.6 Å². The van der Waals surface area contributed by atoms with E-state index in [1.165, 1.54) is 4.31 Å². The molecule has 0 unspecified atom stereocenters. The van der Waals surface area contributed by atoms with Crippen molar-refractivity contribution in [1.82, 2.24) is 4.31 Å². The summed E-state index contributed by atoms with van der Waals surface area (Å²) in [5, 5.41) is 0. The first kappa shape index (κ1) is 20.4. The van der Waals surface area contributed by atoms with Gasteiger partial charge in [0.1, 0.15) is 5.75 Å². The first-order valence-corrected chi connectivity index (χ1v) is 10.9. The van der Waals surface area contributed by atoms with E-state index in [0.29, 0.717) is 30.8 Å². The topological polar surface area (TPSA) is 66.9 Å². The van der Waals surface area contributed by atoms with Gasteiger partial charge in [-0.25, -0.2) is 8.42 Å². The molecule has 1 aliphatic heterocycles. The number of carbonyl (C=O) groups is 1. The van der Waals surface area contributed by atoms with E-state index in [9.17, 15) is 13.2 Å². The molecule has 1 heterocycles. The largest absolute Gasteiger partial charge is 0.497 e. The van der Waals surface area contributed by atoms with Crippen molar-refractivity contribution in [1.29, 1.82) is 0 Å². The normalized spacial score (nSPS) is 14.8. The van der Waals surface area contributed by atoms with E-state index in [2.05, 4.69) is 0 Å². The maximum Gasteiger partial charge on any atom is 0.243 e. The zero-order valence-electron chi connectivity index (χ0n) is 16.3. The van der Waals surface area contributed by atoms with Crippen LogP contribution in [-0.4, -0.2) is 45.9 Å². The molecule has 2 aromatic rings. The Hall–Kier alpha value is -2.38. The van der Waals surface area contributed by atoms with Gasteiger partial charge in [-0.1, -0.05) is 12.1 Å². The molecular formula is C21H26N2O4S. The van der Waals surface area contributed by atoms with Crippen molar-refractivity contribution in [2.45, 2.75) is 30.6 Å². The van der Waals surface area contributed by atoms with Crippen LogP contribution >= 0.6 is 0 Å². The summed E-state index contributed by atoms with van der Waals surface area (Å²) in [6, 6.07) is 14.2. The van der Waals surface area contributed by atoms with E-state index in [1.807, 2.05) is 24.3 Å². The summed E-state index contributed by atoms with van der Waals surface area (Å²) in [6.45, 7) is 1.19. The Kier molecular flexibility index (Phi) is 6.36. The molecule has 0 N–H and O–H groups in total. The smallest absolute Gasteiger partial charge is 0.243 e. The molecule has 0 aliphatic carbocycles. The number of carbonyl (C=O) groups excluding carboxylic acids is 1. The number of hydrogen-bond donors (Lipinski definition) is 0. The Morgan fingerprint density at radius 1 is 1.04 bits per heavy atom. The Labute approximate surface area is 166 Å². The summed E-state index contributed by atoms with van der Waals surface area (Å²) in [5.74, 6) is 0.743. The fourth-order valence-corrected chi connectivity index (χ4v) is 4.79. The monoisotopic (exact) mass is 402 g/mol. The van der Waals surface area contributed by atoms with Crippen molar-refractivity contribution in [3.05, 3.63) is 54.1 Å². The van der Waals surface area contributed by atoms with E-state index in [-0.39, 0.29) is 5.91 Å². The zero-order valence-corrected chi connectivity index (χ0v) is 17.1. The van der Waals surface area contributed by atoms with Gasteiger partial charge in [0.05, 0.1) is 12.0 Å². The lowest BCUT2D eigenvalue weighted by atomic mass is 10.1. The molecular weight excluding hydrogens is 376 g/mol. The molecule has 0 atom stereocenters. The lowest BCUT2D eigenvalue weighted by molar-refractivity contribution is -0.118. The van der Waals surface area contributed by atoms with Crippen molar-refractivity contribution in [2.24, 2.45) is 0 Å². The van der Waals surface area contributed by atoms with Crippen molar-refractivity contribution in [2.75, 3.05) is 32.1 Å². The summed E-state index contributed by atoms with van der Waals surface area (Å²) in [4.78, 5) is 14.4. The van der Waals surface area contributed by atoms with Gasteiger partial charge in [0.15, 0.2) is 0 Å². The molecule has 1 aliphatic rings. The summed E-state index contributed by atoms with van der Waals surface area (Å²) in [5.41, 5.74) is 1.75. The highest BCUT2D eigenvalue weighted by molar-refractivity contribution is 7.89. The molecule has 0 spiro atoms. The van der Waals surface area contributed by atoms with Crippen LogP contribution in [0, 0.1) is 0 Å². The number of benzene rings is 2. The van der Waals surface area contributed by atoms with Crippen LogP contribution < -0.4 is 9.64 Å². The standard InChI is InChI=1S/C21H26N2O4S/c1-22(18-8-10-19(27-2)11-9-18)21(24)14-7-17-5-12-20(13-6-17)28(25,26)23-15-3-4-16-23/h5-6,8-13H,3-4,7,14-16H2,1-2H3. The number of ether oxygens (including phenoxy) is 1. The van der Waals surface area contributed by atoms with Gasteiger partial charge in [-0.05, 0) is 61.2 Å². The molecule has 6 nitrogen and oxygen atoms in total. The van der Waals surface area contributed by atoms with Crippen molar-refractivity contribution in [3.63, 3.8) is 0 Å². The van der Waals surface area contributed by atoms with E-state index in [1.54, 1.807) is 43.3 Å². The van der Waals surface area contributed by atoms with Gasteiger partial charge in [0.2, 0.25) is 15.9 Å². The first-order chi connectivity index (χ1) is 13.4. The average Bonchev–Trinajstić information content (AvgIpc) is 3.27. The van der Waals surface area contributed by atoms with Crippen LogP contribution in [0.15, 0.2) is 53.4 Å². The number of sulfonamides is 1. The summed E-state index contributed by atoms with van der Waals surface area (Å²) in [7, 11) is -0.0455. The molecule has 7 heteroatoms. The summed E-state index contributed by atoms with van der Waals surface area (Å²) in [6.07, 6.45) is 2.74. The maximum atomic E-state index is 12.6. The molecule has 0 aromatic heterocycles. The van der Waals surface area contributed by atoms with E-state index >= 15 is 0 Å². The van der Waals surface area contributed by atoms with Crippen LogP contribution in [0.2, 0.25) is 0 Å². The van der Waals surface area contributed by atoms with Crippen LogP contribution in [0.25, 0.3) is 0 Å². The predicted molar refractivity (Wildman–Crippen MR) is 109 cm³/mol. The third-order valence-electron chi connectivity index (χ3n) is 5.09. The van der Waals surface area contributed by atoms with Crippen LogP contribution in [0.3, 0.4) is 0 Å². The number of aryl methyl sites for hydroxylation is 1. The minimum atomic E-state index is -3.39. The average molecular weight is 403 g/mol. The third kappa shape index (κ3) is 4.54. The van der Waals surface area contributed by atoms with Crippen molar-refractivity contribution in [3.8, 4) is 5.75 Å². The van der Waals surface area contributed by atoms with Crippen LogP contribution in [0.1, 0.15) is 24.8 Å². The van der Waals surface area contributed by atoms with Crippen LogP contribution in [0.5, 0.6) is 5.75 Å². The Bertz CT molecular complexity index is 902. The van der Waals surface area contributed by atoms with Gasteiger partial charge in [-0.2, -0.15) is 4.31 Å². The van der Waals surface area contributed by atoms with Gasteiger partial charge in [0, 0.05) is 32.2 Å². The maximum absolute atomic E-state index is 12.6. The molecule has 2 aromatic carbocycles. The summed E-state index contributed by atoms with van der Waals surface area (Å²) < 4.78 is 31.8. The van der Waals surface area contributed by atoms with Gasteiger partial charge < -0.3 is 9.64 Å². The number of nitrogens with zero attached hydrogens (tertiary/aromatic N) is 2. The minimum Gasteiger partial charge on any atom is -0.497 e. The lowest BCUT2D eigenvalue weighted by Crippen LogP contribution is -2.27. The molecule has 1 amide bonds. The number of amides is 1. The van der Waals surface area contributed by atoms with Gasteiger partial charge in [-0.3, -0.25) is 4.79 Å². The van der Waals surface area contributed by atoms with E-state index < -0.39 is 10.0 Å².